The van der Waals surface area contributed by atoms with Crippen LogP contribution in [0.2, 0.25) is 0 Å². The molecule has 5 heteroatoms. The van der Waals surface area contributed by atoms with Crippen molar-refractivity contribution in [1.29, 1.82) is 0 Å². The molecule has 5 nitrogen and oxygen atoms in total. The summed E-state index contributed by atoms with van der Waals surface area (Å²) in [6.07, 6.45) is 1.68. The normalized spacial score (nSPS) is 11.9. The lowest BCUT2D eigenvalue weighted by atomic mass is 9.87. The first kappa shape index (κ1) is 17.7. The quantitative estimate of drug-likeness (QED) is 0.677. The van der Waals surface area contributed by atoms with Gasteiger partial charge in [-0.05, 0) is 42.2 Å². The molecule has 0 saturated carbocycles. The van der Waals surface area contributed by atoms with Gasteiger partial charge in [-0.25, -0.2) is 5.43 Å². The molecule has 1 aromatic carbocycles. The standard InChI is InChI=1S/C19H23N3O2/c1-14(17-7-5-6-12-20-17)21-22-18(23)13-24-16-10-8-15(9-11-16)19(2,3)4/h5-12H,13H2,1-4H3,(H,22,23)/b21-14-. The van der Waals surface area contributed by atoms with E-state index in [1.807, 2.05) is 42.5 Å². The number of benzene rings is 1. The molecule has 126 valence electrons. The van der Waals surface area contributed by atoms with Crippen molar-refractivity contribution in [3.05, 3.63) is 59.9 Å². The highest BCUT2D eigenvalue weighted by Crippen LogP contribution is 2.24. The van der Waals surface area contributed by atoms with Crippen LogP contribution in [0.15, 0.2) is 53.8 Å². The van der Waals surface area contributed by atoms with E-state index >= 15 is 0 Å². The average Bonchev–Trinajstić information content (AvgIpc) is 2.58. The van der Waals surface area contributed by atoms with Crippen molar-refractivity contribution in [2.24, 2.45) is 5.10 Å². The van der Waals surface area contributed by atoms with Crippen LogP contribution in [-0.4, -0.2) is 23.2 Å². The van der Waals surface area contributed by atoms with Gasteiger partial charge in [-0.1, -0.05) is 39.0 Å². The lowest BCUT2D eigenvalue weighted by Gasteiger charge is -2.19. The van der Waals surface area contributed by atoms with Crippen molar-refractivity contribution >= 4 is 11.6 Å². The molecular formula is C19H23N3O2. The minimum absolute atomic E-state index is 0.0894. The Morgan fingerprint density at radius 2 is 1.88 bits per heavy atom. The monoisotopic (exact) mass is 325 g/mol. The first-order valence-electron chi connectivity index (χ1n) is 7.84. The molecule has 0 fully saturated rings. The summed E-state index contributed by atoms with van der Waals surface area (Å²) in [5.41, 5.74) is 5.14. The molecule has 0 radical (unpaired) electrons. The molecule has 0 aliphatic heterocycles. The Morgan fingerprint density at radius 1 is 1.17 bits per heavy atom. The van der Waals surface area contributed by atoms with E-state index in [0.717, 1.165) is 5.69 Å². The van der Waals surface area contributed by atoms with Crippen LogP contribution in [-0.2, 0) is 10.2 Å². The molecule has 0 unspecified atom stereocenters. The number of hydrogen-bond acceptors (Lipinski definition) is 4. The van der Waals surface area contributed by atoms with Gasteiger partial charge in [0.05, 0.1) is 11.4 Å². The van der Waals surface area contributed by atoms with Gasteiger partial charge in [0.15, 0.2) is 6.61 Å². The number of nitrogens with zero attached hydrogens (tertiary/aromatic N) is 2. The zero-order valence-electron chi connectivity index (χ0n) is 14.5. The summed E-state index contributed by atoms with van der Waals surface area (Å²) in [5.74, 6) is 0.341. The molecule has 0 aliphatic carbocycles. The summed E-state index contributed by atoms with van der Waals surface area (Å²) in [5, 5.41) is 4.03. The van der Waals surface area contributed by atoms with E-state index in [1.165, 1.54) is 5.56 Å². The van der Waals surface area contributed by atoms with Gasteiger partial charge in [-0.15, -0.1) is 0 Å². The predicted molar refractivity (Wildman–Crippen MR) is 95.2 cm³/mol. The third-order valence-corrected chi connectivity index (χ3v) is 3.47. The van der Waals surface area contributed by atoms with Crippen LogP contribution in [0.4, 0.5) is 0 Å². The molecule has 1 aromatic heterocycles. The summed E-state index contributed by atoms with van der Waals surface area (Å²) in [6.45, 7) is 8.15. The minimum atomic E-state index is -0.315. The van der Waals surface area contributed by atoms with Crippen LogP contribution in [0.1, 0.15) is 39.0 Å². The van der Waals surface area contributed by atoms with Gasteiger partial charge in [0.1, 0.15) is 5.75 Å². The molecule has 0 aliphatic rings. The van der Waals surface area contributed by atoms with Crippen LogP contribution >= 0.6 is 0 Å². The third-order valence-electron chi connectivity index (χ3n) is 3.47. The molecule has 1 N–H and O–H groups in total. The second-order valence-corrected chi connectivity index (χ2v) is 6.51. The lowest BCUT2D eigenvalue weighted by molar-refractivity contribution is -0.123. The zero-order valence-corrected chi connectivity index (χ0v) is 14.5. The van der Waals surface area contributed by atoms with Crippen molar-refractivity contribution in [2.45, 2.75) is 33.1 Å². The number of carbonyl (C=O) groups is 1. The number of nitrogens with one attached hydrogen (secondary N) is 1. The molecule has 1 heterocycles. The van der Waals surface area contributed by atoms with Crippen LogP contribution in [0.3, 0.4) is 0 Å². The highest BCUT2D eigenvalue weighted by Gasteiger charge is 2.13. The summed E-state index contributed by atoms with van der Waals surface area (Å²) in [6, 6.07) is 13.3. The van der Waals surface area contributed by atoms with Gasteiger partial charge in [-0.2, -0.15) is 5.10 Å². The van der Waals surface area contributed by atoms with E-state index in [4.69, 9.17) is 4.74 Å². The Bertz CT molecular complexity index is 702. The highest BCUT2D eigenvalue weighted by atomic mass is 16.5. The minimum Gasteiger partial charge on any atom is -0.484 e. The Hall–Kier alpha value is -2.69. The number of rotatable bonds is 5. The maximum atomic E-state index is 11.8. The molecule has 1 amide bonds. The van der Waals surface area contributed by atoms with Crippen LogP contribution < -0.4 is 10.2 Å². The van der Waals surface area contributed by atoms with Gasteiger partial charge < -0.3 is 4.74 Å². The van der Waals surface area contributed by atoms with Crippen LogP contribution in [0.5, 0.6) is 5.75 Å². The van der Waals surface area contributed by atoms with Gasteiger partial charge in [0, 0.05) is 6.20 Å². The molecule has 24 heavy (non-hydrogen) atoms. The Labute approximate surface area is 142 Å². The number of hydrazone groups is 1. The molecule has 0 atom stereocenters. The molecular weight excluding hydrogens is 302 g/mol. The summed E-state index contributed by atoms with van der Waals surface area (Å²) in [7, 11) is 0. The SMILES string of the molecule is C/C(=N/NC(=O)COc1ccc(C(C)(C)C)cc1)c1ccccn1. The maximum absolute atomic E-state index is 11.8. The van der Waals surface area contributed by atoms with Crippen LogP contribution in [0.25, 0.3) is 0 Å². The topological polar surface area (TPSA) is 63.6 Å². The zero-order chi connectivity index (χ0) is 17.6. The molecule has 2 rings (SSSR count). The number of hydrogen-bond donors (Lipinski definition) is 1. The van der Waals surface area contributed by atoms with Crippen molar-refractivity contribution in [3.8, 4) is 5.75 Å². The van der Waals surface area contributed by atoms with E-state index in [9.17, 15) is 4.79 Å². The first-order chi connectivity index (χ1) is 11.4. The van der Waals surface area contributed by atoms with E-state index in [2.05, 4.69) is 36.3 Å². The predicted octanol–water partition coefficient (Wildman–Crippen LogP) is 3.30. The second-order valence-electron chi connectivity index (χ2n) is 6.51. The summed E-state index contributed by atoms with van der Waals surface area (Å²) in [4.78, 5) is 16.0. The number of carbonyl (C=O) groups excluding carboxylic acids is 1. The highest BCUT2D eigenvalue weighted by molar-refractivity contribution is 5.97. The van der Waals surface area contributed by atoms with Crippen LogP contribution in [0, 0.1) is 0 Å². The maximum Gasteiger partial charge on any atom is 0.277 e. The molecule has 0 bridgehead atoms. The number of ether oxygens (including phenoxy) is 1. The Morgan fingerprint density at radius 3 is 2.46 bits per heavy atom. The second kappa shape index (κ2) is 7.73. The Kier molecular flexibility index (Phi) is 5.68. The van der Waals surface area contributed by atoms with Crippen molar-refractivity contribution < 1.29 is 9.53 Å². The Balaban J connectivity index is 1.85. The van der Waals surface area contributed by atoms with Crippen molar-refractivity contribution in [1.82, 2.24) is 10.4 Å². The van der Waals surface area contributed by atoms with E-state index in [1.54, 1.807) is 13.1 Å². The fraction of sp³-hybridized carbons (Fsp3) is 0.316. The van der Waals surface area contributed by atoms with Gasteiger partial charge in [0.25, 0.3) is 5.91 Å². The fourth-order valence-electron chi connectivity index (χ4n) is 2.01. The first-order valence-corrected chi connectivity index (χ1v) is 7.84. The van der Waals surface area contributed by atoms with Gasteiger partial charge in [-0.3, -0.25) is 9.78 Å². The molecule has 0 spiro atoms. The smallest absolute Gasteiger partial charge is 0.277 e. The summed E-state index contributed by atoms with van der Waals surface area (Å²) < 4.78 is 5.48. The fourth-order valence-corrected chi connectivity index (χ4v) is 2.01. The largest absolute Gasteiger partial charge is 0.484 e. The lowest BCUT2D eigenvalue weighted by Crippen LogP contribution is -2.25. The number of aromatic nitrogens is 1. The number of pyridine rings is 1. The molecule has 0 saturated heterocycles. The van der Waals surface area contributed by atoms with Crippen molar-refractivity contribution in [2.75, 3.05) is 6.61 Å². The van der Waals surface area contributed by atoms with Gasteiger partial charge in [0.2, 0.25) is 0 Å². The van der Waals surface area contributed by atoms with Gasteiger partial charge >= 0.3 is 0 Å². The van der Waals surface area contributed by atoms with E-state index in [-0.39, 0.29) is 17.9 Å². The van der Waals surface area contributed by atoms with E-state index in [0.29, 0.717) is 11.5 Å². The molecule has 2 aromatic rings. The average molecular weight is 325 g/mol. The summed E-state index contributed by atoms with van der Waals surface area (Å²) >= 11 is 0. The number of amides is 1. The van der Waals surface area contributed by atoms with Crippen molar-refractivity contribution in [3.63, 3.8) is 0 Å². The van der Waals surface area contributed by atoms with E-state index < -0.39 is 0 Å². The third kappa shape index (κ3) is 5.19.